The highest BCUT2D eigenvalue weighted by Crippen LogP contribution is 2.26. The minimum atomic E-state index is 0.559. The fourth-order valence-electron chi connectivity index (χ4n) is 8.07. The number of aryl methyl sites for hydroxylation is 2. The number of nitrogens with zero attached hydrogens (tertiary/aromatic N) is 12. The maximum Gasteiger partial charge on any atom is 0.144 e. The van der Waals surface area contributed by atoms with Gasteiger partial charge in [0.2, 0.25) is 0 Å². The first-order valence-electron chi connectivity index (χ1n) is 24.0. The van der Waals surface area contributed by atoms with Crippen LogP contribution in [-0.2, 0) is 19.4 Å². The Morgan fingerprint density at radius 3 is 1.47 bits per heavy atom. The number of aromatic nitrogens is 14. The van der Waals surface area contributed by atoms with Crippen molar-refractivity contribution >= 4 is 147 Å². The number of fused-ring (bicyclic) bond motifs is 7. The van der Waals surface area contributed by atoms with Crippen molar-refractivity contribution in [3.63, 3.8) is 0 Å². The first-order valence-corrected chi connectivity index (χ1v) is 27.6. The Balaban J connectivity index is 0.000000119. The lowest BCUT2D eigenvalue weighted by Gasteiger charge is -1.91. The zero-order chi connectivity index (χ0) is 54.3. The van der Waals surface area contributed by atoms with Crippen molar-refractivity contribution in [3.05, 3.63) is 209 Å². The molecule has 0 aromatic carbocycles. The van der Waals surface area contributed by atoms with Gasteiger partial charge in [0.1, 0.15) is 45.6 Å². The monoisotopic (exact) mass is 1220 g/mol. The molecule has 0 amide bonds. The Bertz CT molecular complexity index is 4070. The van der Waals surface area contributed by atoms with Crippen LogP contribution in [0.15, 0.2) is 187 Å². The van der Waals surface area contributed by atoms with E-state index in [2.05, 4.69) is 158 Å². The SMILES string of the molecule is Brc1c[nH]c2ncccc12.CCc1c[nH]c2ncccc12.CCc1cn(P)c2ncccc12.N#Cc1cn(P)c2ncccc12.NCc1cn(P)c2ncccc12.Pn1cc(Br)c2cccnc21.c1cnc2[nH]ccc2c1. The van der Waals surface area contributed by atoms with E-state index in [9.17, 15) is 0 Å². The number of rotatable bonds is 3. The molecule has 0 spiro atoms. The van der Waals surface area contributed by atoms with Crippen LogP contribution in [0.5, 0.6) is 0 Å². The molecule has 0 aliphatic carbocycles. The number of hydrogen-bond acceptors (Lipinski definition) is 9. The molecule has 4 unspecified atom stereocenters. The summed E-state index contributed by atoms with van der Waals surface area (Å²) >= 11 is 6.84. The van der Waals surface area contributed by atoms with Crippen LogP contribution in [0.4, 0.5) is 0 Å². The second-order valence-electron chi connectivity index (χ2n) is 16.6. The number of nitrogens with one attached hydrogen (secondary N) is 3. The quantitative estimate of drug-likeness (QED) is 0.124. The molecule has 0 aliphatic rings. The van der Waals surface area contributed by atoms with Crippen LogP contribution >= 0.6 is 69.4 Å². The van der Waals surface area contributed by atoms with Crippen LogP contribution in [-0.4, -0.2) is 67.2 Å². The van der Waals surface area contributed by atoms with Crippen molar-refractivity contribution in [2.45, 2.75) is 33.2 Å². The predicted molar refractivity (Wildman–Crippen MR) is 334 cm³/mol. The molecule has 5 N–H and O–H groups in total. The van der Waals surface area contributed by atoms with E-state index >= 15 is 0 Å². The third-order valence-corrected chi connectivity index (χ3v) is 14.7. The topological polar surface area (TPSA) is 207 Å². The largest absolute Gasteiger partial charge is 0.346 e. The van der Waals surface area contributed by atoms with E-state index in [-0.39, 0.29) is 0 Å². The van der Waals surface area contributed by atoms with Crippen LogP contribution in [0, 0.1) is 11.3 Å². The molecule has 0 radical (unpaired) electrons. The minimum absolute atomic E-state index is 0.559. The first-order chi connectivity index (χ1) is 37.5. The van der Waals surface area contributed by atoms with Gasteiger partial charge < -0.3 is 38.0 Å². The molecule has 0 bridgehead atoms. The maximum atomic E-state index is 8.75. The van der Waals surface area contributed by atoms with Crippen LogP contribution in [0.2, 0.25) is 0 Å². The van der Waals surface area contributed by atoms with Crippen molar-refractivity contribution < 1.29 is 0 Å². The molecule has 4 atom stereocenters. The van der Waals surface area contributed by atoms with Gasteiger partial charge in [-0.1, -0.05) is 13.8 Å². The summed E-state index contributed by atoms with van der Waals surface area (Å²) in [6.45, 7) is 4.87. The Morgan fingerprint density at radius 2 is 0.909 bits per heavy atom. The number of aromatic amines is 3. The van der Waals surface area contributed by atoms with E-state index in [0.29, 0.717) is 12.1 Å². The van der Waals surface area contributed by atoms with Gasteiger partial charge in [-0.15, -0.1) is 0 Å². The fraction of sp³-hybridized carbons (Fsp3) is 0.0909. The summed E-state index contributed by atoms with van der Waals surface area (Å²) in [4.78, 5) is 38.4. The first kappa shape index (κ1) is 56.2. The van der Waals surface area contributed by atoms with Crippen molar-refractivity contribution in [1.82, 2.24) is 67.2 Å². The Labute approximate surface area is 470 Å². The Kier molecular flexibility index (Phi) is 19.9. The third-order valence-electron chi connectivity index (χ3n) is 11.8. The summed E-state index contributed by atoms with van der Waals surface area (Å²) in [5.74, 6) is 0. The van der Waals surface area contributed by atoms with E-state index in [1.165, 1.54) is 21.9 Å². The molecular formula is C55H54Br2N16P4. The van der Waals surface area contributed by atoms with E-state index in [1.807, 2.05) is 129 Å². The van der Waals surface area contributed by atoms with E-state index < -0.39 is 0 Å². The van der Waals surface area contributed by atoms with Crippen LogP contribution in [0.1, 0.15) is 36.1 Å². The summed E-state index contributed by atoms with van der Waals surface area (Å²) in [5.41, 5.74) is 16.7. The second-order valence-corrected chi connectivity index (χ2v) is 20.6. The molecule has 0 saturated carbocycles. The molecule has 16 nitrogen and oxygen atoms in total. The average molecular weight is 1220 g/mol. The van der Waals surface area contributed by atoms with E-state index in [4.69, 9.17) is 11.0 Å². The average Bonchev–Trinajstić information content (AvgIpc) is 4.38. The standard InChI is InChI=1S/C9H11N2P.C9H10N2.C8H10N3P.C8H6N3P.C7H6BrN2P.C7H5BrN2.C7H6N2/c1-2-7-6-11(12)9-8(7)4-3-5-10-9;1-2-7-6-11-9-8(7)4-3-5-10-9;2*9-4-6-5-11(12)8-7(6)2-1-3-10-8;8-6-4-10(11)7-5(6)2-1-3-9-7;8-6-4-10-7-5(6)2-1-3-9-7;1-2-6-3-5-9-7(6)8-4-1/h3-6H,2,12H2,1H3;3-6H,2H2,1H3,(H,10,11);1-3,5H,4,9,12H2;1-3,5H,12H2;1-4H,11H2;1-4H,(H,9,10);1-5H,(H,8,9). The van der Waals surface area contributed by atoms with E-state index in [0.717, 1.165) is 93.8 Å². The van der Waals surface area contributed by atoms with Crippen molar-refractivity contribution in [3.8, 4) is 6.07 Å². The molecule has 0 fully saturated rings. The minimum Gasteiger partial charge on any atom is -0.346 e. The molecule has 0 aliphatic heterocycles. The molecule has 77 heavy (non-hydrogen) atoms. The number of H-pyrrole nitrogens is 3. The molecular weight excluding hydrogens is 1170 g/mol. The van der Waals surface area contributed by atoms with Gasteiger partial charge in [-0.25, -0.2) is 34.9 Å². The van der Waals surface area contributed by atoms with Crippen molar-refractivity contribution in [2.24, 2.45) is 5.73 Å². The molecule has 388 valence electrons. The summed E-state index contributed by atoms with van der Waals surface area (Å²) in [6, 6.07) is 31.8. The zero-order valence-electron chi connectivity index (χ0n) is 41.9. The van der Waals surface area contributed by atoms with Gasteiger partial charge in [0.25, 0.3) is 0 Å². The van der Waals surface area contributed by atoms with Crippen LogP contribution < -0.4 is 5.73 Å². The van der Waals surface area contributed by atoms with Gasteiger partial charge in [-0.2, -0.15) is 5.26 Å². The molecule has 14 rings (SSSR count). The molecule has 14 heterocycles. The van der Waals surface area contributed by atoms with Crippen molar-refractivity contribution in [1.29, 1.82) is 5.26 Å². The zero-order valence-corrected chi connectivity index (χ0v) is 49.7. The summed E-state index contributed by atoms with van der Waals surface area (Å²) in [5, 5.41) is 16.7. The third kappa shape index (κ3) is 13.7. The highest BCUT2D eigenvalue weighted by Gasteiger charge is 2.07. The number of pyridine rings is 7. The highest BCUT2D eigenvalue weighted by molar-refractivity contribution is 9.11. The number of hydrogen-bond donors (Lipinski definition) is 4. The van der Waals surface area contributed by atoms with Gasteiger partial charge in [0, 0.05) is 140 Å². The Hall–Kier alpha value is -7.04. The smallest absolute Gasteiger partial charge is 0.144 e. The second kappa shape index (κ2) is 27.3. The molecule has 14 aromatic rings. The number of nitrogens with two attached hydrogens (primary N) is 1. The van der Waals surface area contributed by atoms with E-state index in [1.54, 1.807) is 47.7 Å². The highest BCUT2D eigenvalue weighted by atomic mass is 79.9. The van der Waals surface area contributed by atoms with Gasteiger partial charge in [0.15, 0.2) is 0 Å². The predicted octanol–water partition coefficient (Wildman–Crippen LogP) is 13.4. The molecule has 22 heteroatoms. The van der Waals surface area contributed by atoms with Crippen molar-refractivity contribution in [2.75, 3.05) is 0 Å². The summed E-state index contributed by atoms with van der Waals surface area (Å²) < 4.78 is 9.74. The normalized spacial score (nSPS) is 10.5. The number of halogens is 2. The van der Waals surface area contributed by atoms with Gasteiger partial charge in [0.05, 0.1) is 5.56 Å². The van der Waals surface area contributed by atoms with Gasteiger partial charge in [-0.3, -0.25) is 0 Å². The van der Waals surface area contributed by atoms with Crippen LogP contribution in [0.25, 0.3) is 77.2 Å². The molecule has 0 saturated heterocycles. The summed E-state index contributed by atoms with van der Waals surface area (Å²) in [6.07, 6.45) is 28.2. The lowest BCUT2D eigenvalue weighted by molar-refractivity contribution is 1.08. The number of nitriles is 1. The summed E-state index contributed by atoms with van der Waals surface area (Å²) in [7, 11) is 10.3. The maximum absolute atomic E-state index is 8.75. The fourth-order valence-corrected chi connectivity index (χ4v) is 10.7. The lowest BCUT2D eigenvalue weighted by atomic mass is 10.2. The van der Waals surface area contributed by atoms with Gasteiger partial charge >= 0.3 is 0 Å². The Morgan fingerprint density at radius 1 is 0.468 bits per heavy atom. The lowest BCUT2D eigenvalue weighted by Crippen LogP contribution is -1.93. The van der Waals surface area contributed by atoms with Crippen LogP contribution in [0.3, 0.4) is 0 Å². The molecule has 14 aromatic heterocycles. The van der Waals surface area contributed by atoms with Gasteiger partial charge in [-0.05, 0) is 190 Å².